The number of nitro groups is 1. The fourth-order valence-electron chi connectivity index (χ4n) is 1.57. The van der Waals surface area contributed by atoms with Crippen molar-refractivity contribution in [3.63, 3.8) is 0 Å². The summed E-state index contributed by atoms with van der Waals surface area (Å²) in [5.74, 6) is -0.365. The summed E-state index contributed by atoms with van der Waals surface area (Å²) in [7, 11) is 0. The third-order valence-corrected chi connectivity index (χ3v) is 2.90. The van der Waals surface area contributed by atoms with Crippen molar-refractivity contribution in [2.24, 2.45) is 5.10 Å². The highest BCUT2D eigenvalue weighted by molar-refractivity contribution is 6.32. The quantitative estimate of drug-likeness (QED) is 0.535. The Labute approximate surface area is 125 Å². The average Bonchev–Trinajstić information content (AvgIpc) is 2.49. The van der Waals surface area contributed by atoms with E-state index in [1.54, 1.807) is 36.4 Å². The first kappa shape index (κ1) is 14.7. The number of nitro benzene ring substituents is 1. The van der Waals surface area contributed by atoms with E-state index < -0.39 is 4.92 Å². The number of hydrazone groups is 1. The van der Waals surface area contributed by atoms with Crippen LogP contribution in [0.1, 0.15) is 15.9 Å². The summed E-state index contributed by atoms with van der Waals surface area (Å²) < 4.78 is 0. The summed E-state index contributed by atoms with van der Waals surface area (Å²) in [6, 6.07) is 12.8. The van der Waals surface area contributed by atoms with E-state index in [9.17, 15) is 14.9 Å². The lowest BCUT2D eigenvalue weighted by molar-refractivity contribution is -0.384. The molecule has 0 unspecified atom stereocenters. The van der Waals surface area contributed by atoms with Gasteiger partial charge in [-0.05, 0) is 18.2 Å². The van der Waals surface area contributed by atoms with Crippen LogP contribution in [0.4, 0.5) is 5.69 Å². The first-order valence-corrected chi connectivity index (χ1v) is 6.28. The Kier molecular flexibility index (Phi) is 4.63. The van der Waals surface area contributed by atoms with Crippen molar-refractivity contribution in [3.05, 3.63) is 74.8 Å². The molecule has 0 heterocycles. The lowest BCUT2D eigenvalue weighted by Crippen LogP contribution is -2.17. The fraction of sp³-hybridized carbons (Fsp3) is 0. The largest absolute Gasteiger partial charge is 0.288 e. The fourth-order valence-corrected chi connectivity index (χ4v) is 1.76. The van der Waals surface area contributed by atoms with Gasteiger partial charge in [-0.2, -0.15) is 5.10 Å². The molecule has 0 saturated heterocycles. The molecule has 0 atom stereocenters. The number of hydrogen-bond acceptors (Lipinski definition) is 4. The number of carbonyl (C=O) groups excluding carboxylic acids is 1. The Morgan fingerprint density at radius 2 is 1.95 bits per heavy atom. The van der Waals surface area contributed by atoms with Gasteiger partial charge in [-0.25, -0.2) is 5.43 Å². The molecule has 2 rings (SSSR count). The highest BCUT2D eigenvalue weighted by atomic mass is 35.5. The maximum atomic E-state index is 11.7. The van der Waals surface area contributed by atoms with E-state index in [0.29, 0.717) is 11.1 Å². The van der Waals surface area contributed by atoms with Crippen molar-refractivity contribution < 1.29 is 9.72 Å². The smallest absolute Gasteiger partial charge is 0.267 e. The second-order valence-electron chi connectivity index (χ2n) is 4.03. The lowest BCUT2D eigenvalue weighted by Gasteiger charge is -1.99. The second-order valence-corrected chi connectivity index (χ2v) is 4.44. The Balaban J connectivity index is 2.07. The first-order valence-electron chi connectivity index (χ1n) is 5.90. The van der Waals surface area contributed by atoms with Gasteiger partial charge in [0.2, 0.25) is 0 Å². The molecule has 0 spiro atoms. The zero-order valence-corrected chi connectivity index (χ0v) is 11.4. The van der Waals surface area contributed by atoms with E-state index in [1.165, 1.54) is 18.3 Å². The van der Waals surface area contributed by atoms with Crippen LogP contribution in [0.5, 0.6) is 0 Å². The van der Waals surface area contributed by atoms with Crippen molar-refractivity contribution in [1.29, 1.82) is 0 Å². The molecule has 0 bridgehead atoms. The average molecular weight is 304 g/mol. The van der Waals surface area contributed by atoms with E-state index in [-0.39, 0.29) is 16.6 Å². The molecule has 6 nitrogen and oxygen atoms in total. The van der Waals surface area contributed by atoms with E-state index in [0.717, 1.165) is 0 Å². The minimum atomic E-state index is -0.581. The topological polar surface area (TPSA) is 84.6 Å². The lowest BCUT2D eigenvalue weighted by atomic mass is 10.2. The van der Waals surface area contributed by atoms with Crippen LogP contribution >= 0.6 is 11.6 Å². The van der Waals surface area contributed by atoms with Gasteiger partial charge >= 0.3 is 0 Å². The van der Waals surface area contributed by atoms with Crippen LogP contribution < -0.4 is 5.43 Å². The van der Waals surface area contributed by atoms with Crippen molar-refractivity contribution in [3.8, 4) is 0 Å². The number of rotatable bonds is 4. The Morgan fingerprint density at radius 1 is 1.24 bits per heavy atom. The molecule has 0 aliphatic heterocycles. The monoisotopic (exact) mass is 303 g/mol. The summed E-state index contributed by atoms with van der Waals surface area (Å²) in [5.41, 5.74) is 3.05. The Morgan fingerprint density at radius 3 is 2.62 bits per heavy atom. The van der Waals surface area contributed by atoms with E-state index >= 15 is 0 Å². The number of amides is 1. The van der Waals surface area contributed by atoms with Crippen molar-refractivity contribution in [2.45, 2.75) is 0 Å². The van der Waals surface area contributed by atoms with Gasteiger partial charge in [0.15, 0.2) is 0 Å². The number of halogens is 1. The zero-order chi connectivity index (χ0) is 15.2. The molecule has 1 amide bonds. The number of nitrogens with zero attached hydrogens (tertiary/aromatic N) is 2. The second kappa shape index (κ2) is 6.62. The summed E-state index contributed by atoms with van der Waals surface area (Å²) in [5, 5.41) is 14.6. The number of benzene rings is 2. The normalized spacial score (nSPS) is 10.5. The highest BCUT2D eigenvalue weighted by Crippen LogP contribution is 2.24. The molecule has 0 saturated carbocycles. The van der Waals surface area contributed by atoms with Crippen LogP contribution in [0.25, 0.3) is 0 Å². The molecule has 7 heteroatoms. The third-order valence-electron chi connectivity index (χ3n) is 2.58. The van der Waals surface area contributed by atoms with Gasteiger partial charge in [-0.3, -0.25) is 14.9 Å². The van der Waals surface area contributed by atoms with Crippen LogP contribution in [-0.4, -0.2) is 17.0 Å². The maximum Gasteiger partial charge on any atom is 0.288 e. The standard InChI is InChI=1S/C14H10ClN3O3/c15-12-7-6-10(8-13(12)18(20)21)9-16-17-14(19)11-4-2-1-3-5-11/h1-9H,(H,17,19). The molecule has 0 radical (unpaired) electrons. The molecule has 0 aliphatic carbocycles. The van der Waals surface area contributed by atoms with Gasteiger partial charge in [0.05, 0.1) is 11.1 Å². The third kappa shape index (κ3) is 3.87. The number of nitrogens with one attached hydrogen (secondary N) is 1. The zero-order valence-electron chi connectivity index (χ0n) is 10.7. The summed E-state index contributed by atoms with van der Waals surface area (Å²) in [4.78, 5) is 21.9. The summed E-state index contributed by atoms with van der Waals surface area (Å²) in [6.45, 7) is 0. The van der Waals surface area contributed by atoms with Crippen LogP contribution in [0.2, 0.25) is 5.02 Å². The molecular formula is C14H10ClN3O3. The van der Waals surface area contributed by atoms with Crippen molar-refractivity contribution in [2.75, 3.05) is 0 Å². The highest BCUT2D eigenvalue weighted by Gasteiger charge is 2.11. The van der Waals surface area contributed by atoms with Crippen molar-refractivity contribution in [1.82, 2.24) is 5.43 Å². The van der Waals surface area contributed by atoms with Gasteiger partial charge in [-0.15, -0.1) is 0 Å². The minimum absolute atomic E-state index is 0.0467. The minimum Gasteiger partial charge on any atom is -0.267 e. The van der Waals surface area contributed by atoms with E-state index in [4.69, 9.17) is 11.6 Å². The summed E-state index contributed by atoms with van der Waals surface area (Å²) in [6.07, 6.45) is 1.31. The molecule has 0 aliphatic rings. The molecule has 0 fully saturated rings. The molecule has 2 aromatic rings. The van der Waals surface area contributed by atoms with Gasteiger partial charge < -0.3 is 0 Å². The molecule has 106 valence electrons. The van der Waals surface area contributed by atoms with Gasteiger partial charge in [0.25, 0.3) is 11.6 Å². The van der Waals surface area contributed by atoms with E-state index in [2.05, 4.69) is 10.5 Å². The van der Waals surface area contributed by atoms with E-state index in [1.807, 2.05) is 0 Å². The molecule has 0 aromatic heterocycles. The summed E-state index contributed by atoms with van der Waals surface area (Å²) >= 11 is 5.70. The first-order chi connectivity index (χ1) is 10.1. The van der Waals surface area contributed by atoms with Gasteiger partial charge in [0, 0.05) is 17.2 Å². The maximum absolute atomic E-state index is 11.7. The predicted octanol–water partition coefficient (Wildman–Crippen LogP) is 3.01. The predicted molar refractivity (Wildman–Crippen MR) is 79.6 cm³/mol. The van der Waals surface area contributed by atoms with Crippen LogP contribution in [0.15, 0.2) is 53.6 Å². The van der Waals surface area contributed by atoms with Crippen LogP contribution in [-0.2, 0) is 0 Å². The van der Waals surface area contributed by atoms with Crippen molar-refractivity contribution >= 4 is 29.4 Å². The molecular weight excluding hydrogens is 294 g/mol. The van der Waals surface area contributed by atoms with Crippen LogP contribution in [0.3, 0.4) is 0 Å². The molecule has 21 heavy (non-hydrogen) atoms. The number of carbonyl (C=O) groups is 1. The molecule has 1 N–H and O–H groups in total. The SMILES string of the molecule is O=C(NN=Cc1ccc(Cl)c([N+](=O)[O-])c1)c1ccccc1. The van der Waals surface area contributed by atoms with Gasteiger partial charge in [0.1, 0.15) is 5.02 Å². The van der Waals surface area contributed by atoms with Gasteiger partial charge in [-0.1, -0.05) is 35.9 Å². The molecule has 2 aromatic carbocycles. The van der Waals surface area contributed by atoms with Crippen LogP contribution in [0, 0.1) is 10.1 Å². The Hall–Kier alpha value is -2.73. The Bertz CT molecular complexity index is 702. The number of hydrogen-bond donors (Lipinski definition) is 1.